The summed E-state index contributed by atoms with van der Waals surface area (Å²) >= 11 is 0. The molecule has 3 unspecified atom stereocenters. The number of carbonyl (C=O) groups excluding carboxylic acids is 3. The summed E-state index contributed by atoms with van der Waals surface area (Å²) in [4.78, 5) is 51.3. The van der Waals surface area contributed by atoms with Crippen LogP contribution in [-0.2, 0) is 16.0 Å². The number of benzene rings is 2. The lowest BCUT2D eigenvalue weighted by molar-refractivity contribution is -0.136. The molecule has 0 aliphatic rings. The van der Waals surface area contributed by atoms with E-state index in [0.29, 0.717) is 18.6 Å². The van der Waals surface area contributed by atoms with Gasteiger partial charge in [0.25, 0.3) is 11.7 Å². The van der Waals surface area contributed by atoms with Crippen LogP contribution in [0.4, 0.5) is 0 Å². The van der Waals surface area contributed by atoms with Crippen molar-refractivity contribution in [3.05, 3.63) is 114 Å². The Kier molecular flexibility index (Phi) is 12.7. The summed E-state index contributed by atoms with van der Waals surface area (Å²) in [6.07, 6.45) is 8.59. The van der Waals surface area contributed by atoms with Crippen molar-refractivity contribution >= 4 is 17.6 Å². The number of likely N-dealkylation sites (N-methyl/N-ethyl adjacent to an activating group) is 1. The van der Waals surface area contributed by atoms with Crippen LogP contribution >= 0.6 is 0 Å². The highest BCUT2D eigenvalue weighted by Crippen LogP contribution is 2.38. The molecule has 0 bridgehead atoms. The van der Waals surface area contributed by atoms with Crippen molar-refractivity contribution in [1.29, 1.82) is 0 Å². The van der Waals surface area contributed by atoms with Crippen molar-refractivity contribution in [1.82, 2.24) is 20.2 Å². The molecule has 0 spiro atoms. The second kappa shape index (κ2) is 17.1. The molecule has 2 aromatic carbocycles. The van der Waals surface area contributed by atoms with Gasteiger partial charge in [-0.05, 0) is 77.8 Å². The van der Waals surface area contributed by atoms with Gasteiger partial charge in [-0.15, -0.1) is 0 Å². The Morgan fingerprint density at radius 3 is 1.71 bits per heavy atom. The summed E-state index contributed by atoms with van der Waals surface area (Å²) in [6.45, 7) is 4.25. The number of carbonyl (C=O) groups is 3. The van der Waals surface area contributed by atoms with Gasteiger partial charge in [0.2, 0.25) is 11.7 Å². The van der Waals surface area contributed by atoms with Gasteiger partial charge in [-0.1, -0.05) is 44.2 Å². The maximum Gasteiger partial charge on any atom is 0.295 e. The Morgan fingerprint density at radius 2 is 1.25 bits per heavy atom. The fraction of sp³-hybridized carbons (Fsp3) is 0.342. The van der Waals surface area contributed by atoms with Gasteiger partial charge < -0.3 is 24.4 Å². The Hall–Kier alpha value is -5.25. The molecular weight excluding hydrogens is 608 g/mol. The van der Waals surface area contributed by atoms with Crippen molar-refractivity contribution in [2.75, 3.05) is 28.4 Å². The van der Waals surface area contributed by atoms with Gasteiger partial charge in [-0.3, -0.25) is 24.4 Å². The van der Waals surface area contributed by atoms with Crippen LogP contribution < -0.4 is 19.5 Å². The third-order valence-electron chi connectivity index (χ3n) is 8.66. The first-order valence-corrected chi connectivity index (χ1v) is 15.9. The Balaban J connectivity index is 1.63. The number of hydrogen-bond acceptors (Lipinski definition) is 8. The van der Waals surface area contributed by atoms with Gasteiger partial charge >= 0.3 is 0 Å². The molecule has 2 aromatic heterocycles. The summed E-state index contributed by atoms with van der Waals surface area (Å²) in [5.74, 6) is -0.975. The van der Waals surface area contributed by atoms with Gasteiger partial charge in [-0.25, -0.2) is 0 Å². The Labute approximate surface area is 282 Å². The highest BCUT2D eigenvalue weighted by atomic mass is 16.5. The number of ether oxygens (including phenoxy) is 3. The van der Waals surface area contributed by atoms with Gasteiger partial charge in [0, 0.05) is 49.9 Å². The summed E-state index contributed by atoms with van der Waals surface area (Å²) < 4.78 is 16.2. The van der Waals surface area contributed by atoms with Gasteiger partial charge in [0.15, 0.2) is 11.5 Å². The molecule has 252 valence electrons. The Bertz CT molecular complexity index is 1580. The first kappa shape index (κ1) is 35.6. The minimum atomic E-state index is -0.971. The first-order valence-electron chi connectivity index (χ1n) is 15.9. The number of amides is 2. The molecule has 0 aliphatic carbocycles. The van der Waals surface area contributed by atoms with Crippen molar-refractivity contribution in [3.8, 4) is 17.2 Å². The van der Waals surface area contributed by atoms with E-state index in [1.54, 1.807) is 24.8 Å². The molecule has 3 atom stereocenters. The maximum absolute atomic E-state index is 14.3. The zero-order valence-corrected chi connectivity index (χ0v) is 28.4. The van der Waals surface area contributed by atoms with Crippen molar-refractivity contribution in [3.63, 3.8) is 0 Å². The first-order chi connectivity index (χ1) is 23.2. The van der Waals surface area contributed by atoms with E-state index < -0.39 is 17.7 Å². The number of nitrogens with zero attached hydrogens (tertiary/aromatic N) is 3. The lowest BCUT2D eigenvalue weighted by Crippen LogP contribution is -2.53. The molecule has 4 aromatic rings. The molecule has 10 nitrogen and oxygen atoms in total. The monoisotopic (exact) mass is 652 g/mol. The predicted octanol–water partition coefficient (Wildman–Crippen LogP) is 5.63. The molecule has 0 aliphatic heterocycles. The van der Waals surface area contributed by atoms with E-state index in [2.05, 4.69) is 29.1 Å². The minimum Gasteiger partial charge on any atom is -0.493 e. The second-order valence-electron chi connectivity index (χ2n) is 11.9. The number of Topliss-reactive ketones (excluding diaryl/α,β-unsaturated/α-hetero) is 1. The lowest BCUT2D eigenvalue weighted by Gasteiger charge is -2.31. The topological polar surface area (TPSA) is 120 Å². The number of methoxy groups -OCH3 is 3. The molecule has 0 fully saturated rings. The number of pyridine rings is 2. The maximum atomic E-state index is 14.3. The third kappa shape index (κ3) is 8.96. The van der Waals surface area contributed by atoms with Crippen LogP contribution in [0.5, 0.6) is 17.2 Å². The number of aromatic nitrogens is 2. The number of ketones is 1. The zero-order chi connectivity index (χ0) is 34.6. The van der Waals surface area contributed by atoms with Crippen LogP contribution in [0, 0.1) is 0 Å². The van der Waals surface area contributed by atoms with E-state index in [-0.39, 0.29) is 47.3 Å². The van der Waals surface area contributed by atoms with E-state index in [1.165, 1.54) is 45.4 Å². The summed E-state index contributed by atoms with van der Waals surface area (Å²) in [5, 5.41) is 3.27. The molecule has 2 amide bonds. The van der Waals surface area contributed by atoms with Crippen LogP contribution in [0.2, 0.25) is 0 Å². The second-order valence-corrected chi connectivity index (χ2v) is 11.9. The molecule has 0 radical (unpaired) electrons. The van der Waals surface area contributed by atoms with E-state index >= 15 is 0 Å². The fourth-order valence-electron chi connectivity index (χ4n) is 5.90. The lowest BCUT2D eigenvalue weighted by atomic mass is 9.87. The molecule has 2 heterocycles. The smallest absolute Gasteiger partial charge is 0.295 e. The SMILES string of the molecule is COc1cc(C(=O)C(=O)N(C)C(Cc2ccccc2)C(=O)NC(CC(C)c2ccncc2)CC(C)c2ccncc2)cc(OC)c1OC. The summed E-state index contributed by atoms with van der Waals surface area (Å²) in [5.41, 5.74) is 3.13. The molecule has 10 heteroatoms. The van der Waals surface area contributed by atoms with Crippen LogP contribution in [0.3, 0.4) is 0 Å². The normalized spacial score (nSPS) is 13.4. The van der Waals surface area contributed by atoms with Crippen LogP contribution in [-0.4, -0.2) is 72.9 Å². The quantitative estimate of drug-likeness (QED) is 0.122. The molecule has 1 N–H and O–H groups in total. The third-order valence-corrected chi connectivity index (χ3v) is 8.66. The van der Waals surface area contributed by atoms with E-state index in [4.69, 9.17) is 14.2 Å². The average Bonchev–Trinajstić information content (AvgIpc) is 3.13. The largest absolute Gasteiger partial charge is 0.493 e. The summed E-state index contributed by atoms with van der Waals surface area (Å²) in [6, 6.07) is 19.0. The van der Waals surface area contributed by atoms with Crippen LogP contribution in [0.1, 0.15) is 65.6 Å². The highest BCUT2D eigenvalue weighted by Gasteiger charge is 2.34. The van der Waals surface area contributed by atoms with Gasteiger partial charge in [-0.2, -0.15) is 0 Å². The van der Waals surface area contributed by atoms with Gasteiger partial charge in [0.1, 0.15) is 6.04 Å². The molecule has 0 saturated heterocycles. The predicted molar refractivity (Wildman–Crippen MR) is 184 cm³/mol. The Morgan fingerprint density at radius 1 is 0.750 bits per heavy atom. The zero-order valence-electron chi connectivity index (χ0n) is 28.4. The molecule has 0 saturated carbocycles. The van der Waals surface area contributed by atoms with Crippen molar-refractivity contribution < 1.29 is 28.6 Å². The molecule has 48 heavy (non-hydrogen) atoms. The minimum absolute atomic E-state index is 0.0513. The average molecular weight is 653 g/mol. The summed E-state index contributed by atoms with van der Waals surface area (Å²) in [7, 11) is 5.80. The van der Waals surface area contributed by atoms with Crippen LogP contribution in [0.15, 0.2) is 91.5 Å². The number of rotatable bonds is 16. The van der Waals surface area contributed by atoms with Crippen molar-refractivity contribution in [2.45, 2.75) is 57.0 Å². The van der Waals surface area contributed by atoms with Crippen LogP contribution in [0.25, 0.3) is 0 Å². The van der Waals surface area contributed by atoms with Crippen molar-refractivity contribution in [2.24, 2.45) is 0 Å². The van der Waals surface area contributed by atoms with E-state index in [0.717, 1.165) is 16.7 Å². The standard InChI is InChI=1S/C38H44N4O6/c1-25(28-12-16-39-17-13-28)20-31(21-26(2)29-14-18-40-19-15-29)41-37(44)32(22-27-10-8-7-9-11-27)42(3)38(45)35(43)30-23-33(46-4)36(48-6)34(24-30)47-5/h7-19,23-26,31-32H,20-22H2,1-6H3,(H,41,44). The molecule has 4 rings (SSSR count). The van der Waals surface area contributed by atoms with Gasteiger partial charge in [0.05, 0.1) is 21.3 Å². The van der Waals surface area contributed by atoms with E-state index in [9.17, 15) is 14.4 Å². The fourth-order valence-corrected chi connectivity index (χ4v) is 5.90. The van der Waals surface area contributed by atoms with E-state index in [1.807, 2.05) is 54.6 Å². The highest BCUT2D eigenvalue weighted by molar-refractivity contribution is 6.43. The number of nitrogens with one attached hydrogen (secondary N) is 1. The number of hydrogen-bond donors (Lipinski definition) is 1. The molecular formula is C38H44N4O6.